The van der Waals surface area contributed by atoms with Gasteiger partial charge in [-0.05, 0) is 5.92 Å². The lowest BCUT2D eigenvalue weighted by Gasteiger charge is -2.27. The molecule has 0 radical (unpaired) electrons. The van der Waals surface area contributed by atoms with Gasteiger partial charge in [-0.25, -0.2) is 0 Å². The Kier molecular flexibility index (Phi) is 8.41. The second kappa shape index (κ2) is 8.92. The molecule has 20 heavy (non-hydrogen) atoms. The fourth-order valence-electron chi connectivity index (χ4n) is 1.36. The number of carboxylic acid groups (broad SMARTS) is 1. The average molecular weight is 308 g/mol. The van der Waals surface area contributed by atoms with E-state index in [2.05, 4.69) is 11.8 Å². The van der Waals surface area contributed by atoms with Crippen molar-refractivity contribution in [3.05, 3.63) is 0 Å². The first-order chi connectivity index (χ1) is 9.12. The van der Waals surface area contributed by atoms with Crippen LogP contribution in [-0.4, -0.2) is 74.7 Å². The summed E-state index contributed by atoms with van der Waals surface area (Å²) in [5.41, 5.74) is 0. The third-order valence-corrected chi connectivity index (χ3v) is 3.24. The van der Waals surface area contributed by atoms with Crippen LogP contribution < -0.4 is 0 Å². The zero-order valence-corrected chi connectivity index (χ0v) is 12.6. The molecular formula is C12H22NO6S+. The Morgan fingerprint density at radius 1 is 1.30 bits per heavy atom. The van der Waals surface area contributed by atoms with Gasteiger partial charge in [0, 0.05) is 6.42 Å². The molecule has 116 valence electrons. The standard InChI is InChI=1S/C12H21NO6S/c1-13(2,8-5-11-20(16,17)18)7-3-4-9-19-10-6-12(14)15/h5-11H2,1-2H3,(H-,14,15,16,17,18)/p+1. The van der Waals surface area contributed by atoms with Crippen molar-refractivity contribution in [2.24, 2.45) is 0 Å². The molecule has 0 bridgehead atoms. The minimum absolute atomic E-state index is 0.0428. The predicted octanol–water partition coefficient (Wildman–Crippen LogP) is -0.165. The smallest absolute Gasteiger partial charge is 0.305 e. The van der Waals surface area contributed by atoms with E-state index in [1.165, 1.54) is 0 Å². The summed E-state index contributed by atoms with van der Waals surface area (Å²) in [5.74, 6) is 4.52. The highest BCUT2D eigenvalue weighted by Crippen LogP contribution is 2.00. The Bertz CT molecular complexity index is 460. The molecule has 0 rings (SSSR count). The highest BCUT2D eigenvalue weighted by atomic mass is 32.2. The van der Waals surface area contributed by atoms with Crippen LogP contribution in [0.15, 0.2) is 0 Å². The molecule has 0 fully saturated rings. The molecule has 8 heteroatoms. The number of hydrogen-bond donors (Lipinski definition) is 2. The maximum atomic E-state index is 10.6. The summed E-state index contributed by atoms with van der Waals surface area (Å²) in [7, 11) is -0.0896. The summed E-state index contributed by atoms with van der Waals surface area (Å²) in [5, 5.41) is 8.38. The zero-order chi connectivity index (χ0) is 15.6. The number of hydrogen-bond acceptors (Lipinski definition) is 4. The molecule has 0 heterocycles. The highest BCUT2D eigenvalue weighted by Gasteiger charge is 2.15. The lowest BCUT2D eigenvalue weighted by atomic mass is 10.3. The summed E-state index contributed by atoms with van der Waals surface area (Å²) in [4.78, 5) is 10.2. The number of ether oxygens (including phenoxy) is 1. The van der Waals surface area contributed by atoms with Crippen LogP contribution in [0, 0.1) is 11.8 Å². The summed E-state index contributed by atoms with van der Waals surface area (Å²) in [6.45, 7) is 1.41. The van der Waals surface area contributed by atoms with Crippen molar-refractivity contribution in [3.63, 3.8) is 0 Å². The number of aliphatic carboxylic acids is 1. The normalized spacial score (nSPS) is 11.8. The molecule has 0 unspecified atom stereocenters. The van der Waals surface area contributed by atoms with E-state index in [1.807, 2.05) is 14.1 Å². The van der Waals surface area contributed by atoms with Crippen LogP contribution in [0.2, 0.25) is 0 Å². The minimum Gasteiger partial charge on any atom is -0.481 e. The Morgan fingerprint density at radius 3 is 2.50 bits per heavy atom. The molecule has 0 saturated heterocycles. The van der Waals surface area contributed by atoms with E-state index in [-0.39, 0.29) is 25.4 Å². The summed E-state index contributed by atoms with van der Waals surface area (Å²) >= 11 is 0. The summed E-state index contributed by atoms with van der Waals surface area (Å²) in [6.07, 6.45) is 0.321. The van der Waals surface area contributed by atoms with Gasteiger partial charge in [0.15, 0.2) is 0 Å². The lowest BCUT2D eigenvalue weighted by molar-refractivity contribution is -0.883. The van der Waals surface area contributed by atoms with E-state index >= 15 is 0 Å². The van der Waals surface area contributed by atoms with Crippen LogP contribution in [0.1, 0.15) is 12.8 Å². The molecule has 0 aromatic rings. The third kappa shape index (κ3) is 13.3. The SMILES string of the molecule is C[N+](C)(CC#CCOCCC(=O)O)CCCS(=O)(=O)O. The Morgan fingerprint density at radius 2 is 1.95 bits per heavy atom. The maximum Gasteiger partial charge on any atom is 0.305 e. The number of nitrogens with zero attached hydrogens (tertiary/aromatic N) is 1. The largest absolute Gasteiger partial charge is 0.481 e. The topological polar surface area (TPSA) is 101 Å². The average Bonchev–Trinajstić information content (AvgIpc) is 2.25. The molecule has 7 nitrogen and oxygen atoms in total. The first-order valence-corrected chi connectivity index (χ1v) is 7.76. The Balaban J connectivity index is 3.84. The van der Waals surface area contributed by atoms with Crippen molar-refractivity contribution in [1.82, 2.24) is 0 Å². The van der Waals surface area contributed by atoms with Gasteiger partial charge in [-0.15, -0.1) is 0 Å². The zero-order valence-electron chi connectivity index (χ0n) is 11.8. The molecule has 0 aliphatic carbocycles. The monoisotopic (exact) mass is 308 g/mol. The molecule has 0 atom stereocenters. The number of carbonyl (C=O) groups is 1. The van der Waals surface area contributed by atoms with Gasteiger partial charge in [0.2, 0.25) is 0 Å². The first kappa shape index (κ1) is 18.9. The second-order valence-electron chi connectivity index (χ2n) is 5.01. The molecule has 0 saturated carbocycles. The molecule has 0 spiro atoms. The highest BCUT2D eigenvalue weighted by molar-refractivity contribution is 7.85. The van der Waals surface area contributed by atoms with Crippen LogP contribution in [0.5, 0.6) is 0 Å². The van der Waals surface area contributed by atoms with Gasteiger partial charge in [0.1, 0.15) is 13.2 Å². The first-order valence-electron chi connectivity index (χ1n) is 6.15. The van der Waals surface area contributed by atoms with Gasteiger partial charge in [-0.3, -0.25) is 9.35 Å². The van der Waals surface area contributed by atoms with Crippen LogP contribution in [0.3, 0.4) is 0 Å². The van der Waals surface area contributed by atoms with Crippen molar-refractivity contribution in [1.29, 1.82) is 0 Å². The van der Waals surface area contributed by atoms with Crippen LogP contribution in [0.25, 0.3) is 0 Å². The molecule has 0 aromatic carbocycles. The van der Waals surface area contributed by atoms with E-state index < -0.39 is 16.1 Å². The molecule has 2 N–H and O–H groups in total. The van der Waals surface area contributed by atoms with Gasteiger partial charge in [-0.1, -0.05) is 5.92 Å². The van der Waals surface area contributed by atoms with Crippen LogP contribution in [-0.2, 0) is 19.6 Å². The van der Waals surface area contributed by atoms with Gasteiger partial charge >= 0.3 is 5.97 Å². The van der Waals surface area contributed by atoms with Crippen molar-refractivity contribution in [3.8, 4) is 11.8 Å². The van der Waals surface area contributed by atoms with Crippen molar-refractivity contribution in [2.75, 3.05) is 46.2 Å². The van der Waals surface area contributed by atoms with Crippen molar-refractivity contribution < 1.29 is 32.1 Å². The molecule has 0 aromatic heterocycles. The van der Waals surface area contributed by atoms with E-state index in [0.29, 0.717) is 24.0 Å². The number of rotatable bonds is 9. The number of carboxylic acids is 1. The van der Waals surface area contributed by atoms with Crippen LogP contribution >= 0.6 is 0 Å². The quantitative estimate of drug-likeness (QED) is 0.265. The fourth-order valence-corrected chi connectivity index (χ4v) is 1.85. The van der Waals surface area contributed by atoms with Gasteiger partial charge in [-0.2, -0.15) is 8.42 Å². The van der Waals surface area contributed by atoms with E-state index in [0.717, 1.165) is 0 Å². The molecule has 0 aliphatic rings. The minimum atomic E-state index is -3.90. The van der Waals surface area contributed by atoms with E-state index in [1.54, 1.807) is 0 Å². The molecule has 0 amide bonds. The molecular weight excluding hydrogens is 286 g/mol. The Hall–Kier alpha value is -1.14. The predicted molar refractivity (Wildman–Crippen MR) is 73.7 cm³/mol. The third-order valence-electron chi connectivity index (χ3n) is 2.43. The van der Waals surface area contributed by atoms with Crippen molar-refractivity contribution >= 4 is 16.1 Å². The second-order valence-corrected chi connectivity index (χ2v) is 6.58. The summed E-state index contributed by atoms with van der Waals surface area (Å²) in [6, 6.07) is 0. The van der Waals surface area contributed by atoms with E-state index in [9.17, 15) is 13.2 Å². The Labute approximate surface area is 119 Å². The van der Waals surface area contributed by atoms with E-state index in [4.69, 9.17) is 14.4 Å². The van der Waals surface area contributed by atoms with Crippen LogP contribution in [0.4, 0.5) is 0 Å². The fraction of sp³-hybridized carbons (Fsp3) is 0.750. The lowest BCUT2D eigenvalue weighted by Crippen LogP contribution is -2.41. The summed E-state index contributed by atoms with van der Waals surface area (Å²) < 4.78 is 35.3. The van der Waals surface area contributed by atoms with Gasteiger partial charge in [0.25, 0.3) is 10.1 Å². The maximum absolute atomic E-state index is 10.6. The van der Waals surface area contributed by atoms with Gasteiger partial charge < -0.3 is 14.3 Å². The van der Waals surface area contributed by atoms with Crippen molar-refractivity contribution in [2.45, 2.75) is 12.8 Å². The molecule has 0 aliphatic heterocycles. The number of quaternary nitrogens is 1. The van der Waals surface area contributed by atoms with Gasteiger partial charge in [0.05, 0.1) is 39.4 Å².